The summed E-state index contributed by atoms with van der Waals surface area (Å²) in [6.45, 7) is 2.34. The van der Waals surface area contributed by atoms with Crippen molar-refractivity contribution in [1.82, 2.24) is 5.43 Å². The van der Waals surface area contributed by atoms with Gasteiger partial charge in [0.15, 0.2) is 0 Å². The van der Waals surface area contributed by atoms with E-state index in [4.69, 9.17) is 4.74 Å². The van der Waals surface area contributed by atoms with Gasteiger partial charge in [0.05, 0.1) is 17.6 Å². The van der Waals surface area contributed by atoms with E-state index in [-0.39, 0.29) is 24.6 Å². The van der Waals surface area contributed by atoms with Crippen LogP contribution in [0, 0.1) is 10.1 Å². The van der Waals surface area contributed by atoms with Gasteiger partial charge in [-0.1, -0.05) is 43.3 Å². The monoisotopic (exact) mass is 417 g/mol. The number of para-hydroxylation sites is 1. The molecule has 3 aromatic rings. The van der Waals surface area contributed by atoms with Crippen LogP contribution in [0.1, 0.15) is 29.2 Å². The first-order valence-electron chi connectivity index (χ1n) is 9.90. The first kappa shape index (κ1) is 21.7. The summed E-state index contributed by atoms with van der Waals surface area (Å²) in [6.07, 6.45) is 2.74. The van der Waals surface area contributed by atoms with E-state index in [0.29, 0.717) is 11.3 Å². The average Bonchev–Trinajstić information content (AvgIpc) is 2.79. The summed E-state index contributed by atoms with van der Waals surface area (Å²) in [4.78, 5) is 22.4. The molecule has 1 amide bonds. The number of hydrogen-bond donors (Lipinski definition) is 1. The summed E-state index contributed by atoms with van der Waals surface area (Å²) in [6, 6.07) is 21.4. The van der Waals surface area contributed by atoms with Gasteiger partial charge in [-0.15, -0.1) is 0 Å². The number of hydrazone groups is 1. The summed E-state index contributed by atoms with van der Waals surface area (Å²) in [5.41, 5.74) is 6.24. The molecule has 0 saturated heterocycles. The lowest BCUT2D eigenvalue weighted by molar-refractivity contribution is -0.384. The molecule has 0 atom stereocenters. The fourth-order valence-corrected chi connectivity index (χ4v) is 2.89. The van der Waals surface area contributed by atoms with Gasteiger partial charge in [-0.3, -0.25) is 14.9 Å². The van der Waals surface area contributed by atoms with E-state index < -0.39 is 4.92 Å². The Bertz CT molecular complexity index is 1060. The molecule has 0 saturated carbocycles. The van der Waals surface area contributed by atoms with Crippen LogP contribution in [0.15, 0.2) is 77.9 Å². The number of nitrogens with zero attached hydrogens (tertiary/aromatic N) is 2. The number of nitro benzene ring substituents is 1. The first-order chi connectivity index (χ1) is 15.0. The van der Waals surface area contributed by atoms with Gasteiger partial charge in [-0.05, 0) is 47.4 Å². The number of benzene rings is 3. The van der Waals surface area contributed by atoms with Gasteiger partial charge in [-0.2, -0.15) is 5.10 Å². The van der Waals surface area contributed by atoms with Crippen molar-refractivity contribution in [3.05, 3.63) is 105 Å². The van der Waals surface area contributed by atoms with E-state index in [9.17, 15) is 14.9 Å². The molecule has 7 heteroatoms. The number of ether oxygens (including phenoxy) is 1. The molecule has 0 bridgehead atoms. The minimum atomic E-state index is -0.440. The SMILES string of the molecule is CCc1ccc(CC(=O)N/N=C/c2ccccc2OCc2ccc([N+](=O)[O-])cc2)cc1. The van der Waals surface area contributed by atoms with Gasteiger partial charge in [0.1, 0.15) is 12.4 Å². The van der Waals surface area contributed by atoms with Crippen LogP contribution < -0.4 is 10.2 Å². The molecular weight excluding hydrogens is 394 g/mol. The molecule has 0 heterocycles. The second-order valence-corrected chi connectivity index (χ2v) is 6.89. The molecule has 0 radical (unpaired) electrons. The normalized spacial score (nSPS) is 10.7. The highest BCUT2D eigenvalue weighted by atomic mass is 16.6. The maximum Gasteiger partial charge on any atom is 0.269 e. The maximum absolute atomic E-state index is 12.1. The molecule has 7 nitrogen and oxygen atoms in total. The molecule has 0 aromatic heterocycles. The van der Waals surface area contributed by atoms with Crippen LogP contribution in [0.25, 0.3) is 0 Å². The van der Waals surface area contributed by atoms with Crippen LogP contribution in [0.3, 0.4) is 0 Å². The highest BCUT2D eigenvalue weighted by molar-refractivity contribution is 5.85. The average molecular weight is 417 g/mol. The number of nitrogens with one attached hydrogen (secondary N) is 1. The number of carbonyl (C=O) groups is 1. The molecule has 0 aliphatic carbocycles. The van der Waals surface area contributed by atoms with E-state index in [1.807, 2.05) is 42.5 Å². The van der Waals surface area contributed by atoms with Crippen molar-refractivity contribution >= 4 is 17.8 Å². The van der Waals surface area contributed by atoms with Crippen molar-refractivity contribution in [2.75, 3.05) is 0 Å². The lowest BCUT2D eigenvalue weighted by Crippen LogP contribution is -2.19. The molecule has 0 spiro atoms. The second kappa shape index (κ2) is 10.7. The van der Waals surface area contributed by atoms with Crippen LogP contribution in [0.2, 0.25) is 0 Å². The van der Waals surface area contributed by atoms with Crippen molar-refractivity contribution in [3.63, 3.8) is 0 Å². The zero-order valence-electron chi connectivity index (χ0n) is 17.2. The summed E-state index contributed by atoms with van der Waals surface area (Å²) in [5, 5.41) is 14.8. The highest BCUT2D eigenvalue weighted by Crippen LogP contribution is 2.19. The second-order valence-electron chi connectivity index (χ2n) is 6.89. The standard InChI is InChI=1S/C24H23N3O4/c1-2-18-7-9-19(10-8-18)15-24(28)26-25-16-21-5-3-4-6-23(21)31-17-20-11-13-22(14-12-20)27(29)30/h3-14,16H,2,15,17H2,1H3,(H,26,28)/b25-16+. The van der Waals surface area contributed by atoms with Gasteiger partial charge in [0.2, 0.25) is 5.91 Å². The number of amides is 1. The quantitative estimate of drug-likeness (QED) is 0.317. The molecule has 31 heavy (non-hydrogen) atoms. The van der Waals surface area contributed by atoms with Gasteiger partial charge in [0, 0.05) is 17.7 Å². The van der Waals surface area contributed by atoms with Crippen LogP contribution in [0.5, 0.6) is 5.75 Å². The largest absolute Gasteiger partial charge is 0.488 e. The molecular formula is C24H23N3O4. The Hall–Kier alpha value is -4.00. The fraction of sp³-hybridized carbons (Fsp3) is 0.167. The summed E-state index contributed by atoms with van der Waals surface area (Å²) in [7, 11) is 0. The fourth-order valence-electron chi connectivity index (χ4n) is 2.89. The third-order valence-corrected chi connectivity index (χ3v) is 4.65. The number of rotatable bonds is 9. The summed E-state index contributed by atoms with van der Waals surface area (Å²) < 4.78 is 5.82. The van der Waals surface area contributed by atoms with E-state index in [1.54, 1.807) is 18.2 Å². The Labute approximate surface area is 180 Å². The Morgan fingerprint density at radius 1 is 1.00 bits per heavy atom. The zero-order valence-corrected chi connectivity index (χ0v) is 17.2. The molecule has 3 rings (SSSR count). The Morgan fingerprint density at radius 3 is 2.32 bits per heavy atom. The first-order valence-corrected chi connectivity index (χ1v) is 9.90. The predicted octanol–water partition coefficient (Wildman–Crippen LogP) is 4.43. The molecule has 0 fully saturated rings. The van der Waals surface area contributed by atoms with Gasteiger partial charge in [0.25, 0.3) is 5.69 Å². The van der Waals surface area contributed by atoms with Crippen molar-refractivity contribution in [2.45, 2.75) is 26.4 Å². The summed E-state index contributed by atoms with van der Waals surface area (Å²) in [5.74, 6) is 0.388. The van der Waals surface area contributed by atoms with Crippen molar-refractivity contribution in [1.29, 1.82) is 0 Å². The minimum absolute atomic E-state index is 0.0355. The van der Waals surface area contributed by atoms with Crippen LogP contribution in [-0.4, -0.2) is 17.0 Å². The Balaban J connectivity index is 1.55. The smallest absolute Gasteiger partial charge is 0.269 e. The highest BCUT2D eigenvalue weighted by Gasteiger charge is 2.06. The summed E-state index contributed by atoms with van der Waals surface area (Å²) >= 11 is 0. The van der Waals surface area contributed by atoms with Crippen molar-refractivity contribution in [2.24, 2.45) is 5.10 Å². The van der Waals surface area contributed by atoms with Crippen LogP contribution in [-0.2, 0) is 24.2 Å². The maximum atomic E-state index is 12.1. The van der Waals surface area contributed by atoms with E-state index in [1.165, 1.54) is 23.9 Å². The molecule has 0 aliphatic heterocycles. The molecule has 1 N–H and O–H groups in total. The van der Waals surface area contributed by atoms with E-state index >= 15 is 0 Å². The number of carbonyl (C=O) groups excluding carboxylic acids is 1. The zero-order chi connectivity index (χ0) is 22.1. The Kier molecular flexibility index (Phi) is 7.48. The molecule has 0 unspecified atom stereocenters. The number of aryl methyl sites for hydroxylation is 1. The number of hydrogen-bond acceptors (Lipinski definition) is 5. The van der Waals surface area contributed by atoms with E-state index in [2.05, 4.69) is 17.5 Å². The van der Waals surface area contributed by atoms with Gasteiger partial charge >= 0.3 is 0 Å². The molecule has 0 aliphatic rings. The lowest BCUT2D eigenvalue weighted by Gasteiger charge is -2.09. The number of nitro groups is 1. The third kappa shape index (κ3) is 6.50. The van der Waals surface area contributed by atoms with Crippen molar-refractivity contribution in [3.8, 4) is 5.75 Å². The lowest BCUT2D eigenvalue weighted by atomic mass is 10.1. The predicted molar refractivity (Wildman–Crippen MR) is 119 cm³/mol. The molecule has 158 valence electrons. The van der Waals surface area contributed by atoms with Gasteiger partial charge in [-0.25, -0.2) is 5.43 Å². The third-order valence-electron chi connectivity index (χ3n) is 4.65. The topological polar surface area (TPSA) is 93.8 Å². The minimum Gasteiger partial charge on any atom is -0.488 e. The Morgan fingerprint density at radius 2 is 1.65 bits per heavy atom. The van der Waals surface area contributed by atoms with E-state index in [0.717, 1.165) is 17.5 Å². The van der Waals surface area contributed by atoms with Crippen LogP contribution >= 0.6 is 0 Å². The van der Waals surface area contributed by atoms with Gasteiger partial charge < -0.3 is 4.74 Å². The van der Waals surface area contributed by atoms with Crippen molar-refractivity contribution < 1.29 is 14.5 Å². The van der Waals surface area contributed by atoms with Crippen LogP contribution in [0.4, 0.5) is 5.69 Å². The molecule has 3 aromatic carbocycles. The number of non-ortho nitro benzene ring substituents is 1.